The van der Waals surface area contributed by atoms with Crippen LogP contribution in [0.3, 0.4) is 0 Å². The highest BCUT2D eigenvalue weighted by molar-refractivity contribution is 5.80. The van der Waals surface area contributed by atoms with Gasteiger partial charge in [-0.05, 0) is 36.8 Å². The molecule has 0 spiro atoms. The number of hydrogen-bond donors (Lipinski definition) is 1. The Morgan fingerprint density at radius 2 is 1.70 bits per heavy atom. The van der Waals surface area contributed by atoms with Crippen molar-refractivity contribution in [2.24, 2.45) is 4.99 Å². The maximum atomic E-state index is 5.60. The smallest absolute Gasteiger partial charge is 0.194 e. The standard InChI is InChI=1S/C23H32N4O3/c1-5-30-21-11-10-18(16-22(21)29-4)17-25-23(24-2)27-14-12-26(13-15-27)19-8-6-7-9-20(19)28-3/h6-11,16H,5,12-15,17H2,1-4H3,(H,24,25). The van der Waals surface area contributed by atoms with Crippen molar-refractivity contribution in [3.05, 3.63) is 48.0 Å². The second kappa shape index (κ2) is 10.6. The van der Waals surface area contributed by atoms with Gasteiger partial charge in [0.25, 0.3) is 0 Å². The predicted molar refractivity (Wildman–Crippen MR) is 121 cm³/mol. The minimum Gasteiger partial charge on any atom is -0.495 e. The Balaban J connectivity index is 1.58. The van der Waals surface area contributed by atoms with Crippen LogP contribution in [-0.4, -0.2) is 64.9 Å². The van der Waals surface area contributed by atoms with Crippen LogP contribution < -0.4 is 24.4 Å². The Morgan fingerprint density at radius 1 is 0.967 bits per heavy atom. The minimum atomic E-state index is 0.613. The molecule has 162 valence electrons. The third-order valence-electron chi connectivity index (χ3n) is 5.20. The third kappa shape index (κ3) is 5.09. The summed E-state index contributed by atoms with van der Waals surface area (Å²) < 4.78 is 16.6. The minimum absolute atomic E-state index is 0.613. The zero-order chi connectivity index (χ0) is 21.3. The van der Waals surface area contributed by atoms with Crippen molar-refractivity contribution in [3.8, 4) is 17.2 Å². The Labute approximate surface area is 179 Å². The van der Waals surface area contributed by atoms with Crippen LogP contribution in [0.1, 0.15) is 12.5 Å². The van der Waals surface area contributed by atoms with Gasteiger partial charge < -0.3 is 29.3 Å². The van der Waals surface area contributed by atoms with Crippen LogP contribution in [-0.2, 0) is 6.54 Å². The van der Waals surface area contributed by atoms with E-state index in [-0.39, 0.29) is 0 Å². The zero-order valence-corrected chi connectivity index (χ0v) is 18.4. The molecule has 7 heteroatoms. The zero-order valence-electron chi connectivity index (χ0n) is 18.4. The van der Waals surface area contributed by atoms with Crippen molar-refractivity contribution in [3.63, 3.8) is 0 Å². The van der Waals surface area contributed by atoms with E-state index in [1.165, 1.54) is 0 Å². The van der Waals surface area contributed by atoms with E-state index < -0.39 is 0 Å². The molecule has 0 bridgehead atoms. The lowest BCUT2D eigenvalue weighted by Crippen LogP contribution is -2.52. The molecule has 30 heavy (non-hydrogen) atoms. The molecule has 0 unspecified atom stereocenters. The highest BCUT2D eigenvalue weighted by atomic mass is 16.5. The lowest BCUT2D eigenvalue weighted by atomic mass is 10.2. The maximum absolute atomic E-state index is 5.60. The van der Waals surface area contributed by atoms with Crippen LogP contribution in [0.2, 0.25) is 0 Å². The number of para-hydroxylation sites is 2. The fourth-order valence-corrected chi connectivity index (χ4v) is 3.66. The van der Waals surface area contributed by atoms with Crippen LogP contribution in [0.25, 0.3) is 0 Å². The first-order valence-electron chi connectivity index (χ1n) is 10.3. The van der Waals surface area contributed by atoms with Gasteiger partial charge >= 0.3 is 0 Å². The van der Waals surface area contributed by atoms with Crippen molar-refractivity contribution in [1.82, 2.24) is 10.2 Å². The van der Waals surface area contributed by atoms with E-state index in [1.807, 2.05) is 44.3 Å². The molecule has 7 nitrogen and oxygen atoms in total. The lowest BCUT2D eigenvalue weighted by molar-refractivity contribution is 0.310. The SMILES string of the molecule is CCOc1ccc(CNC(=NC)N2CCN(c3ccccc3OC)CC2)cc1OC. The van der Waals surface area contributed by atoms with Crippen LogP contribution in [0.4, 0.5) is 5.69 Å². The van der Waals surface area contributed by atoms with Gasteiger partial charge in [-0.25, -0.2) is 0 Å². The average Bonchev–Trinajstić information content (AvgIpc) is 2.80. The van der Waals surface area contributed by atoms with Crippen molar-refractivity contribution >= 4 is 11.6 Å². The number of nitrogens with one attached hydrogen (secondary N) is 1. The number of aliphatic imine (C=N–C) groups is 1. The number of rotatable bonds is 7. The number of anilines is 1. The summed E-state index contributed by atoms with van der Waals surface area (Å²) in [5.74, 6) is 3.33. The summed E-state index contributed by atoms with van der Waals surface area (Å²) in [6, 6.07) is 14.2. The highest BCUT2D eigenvalue weighted by Crippen LogP contribution is 2.29. The number of methoxy groups -OCH3 is 2. The van der Waals surface area contributed by atoms with E-state index >= 15 is 0 Å². The molecule has 3 rings (SSSR count). The van der Waals surface area contributed by atoms with E-state index in [0.29, 0.717) is 13.2 Å². The lowest BCUT2D eigenvalue weighted by Gasteiger charge is -2.38. The molecule has 0 atom stereocenters. The van der Waals surface area contributed by atoms with Crippen molar-refractivity contribution in [1.29, 1.82) is 0 Å². The number of ether oxygens (including phenoxy) is 3. The van der Waals surface area contributed by atoms with Gasteiger partial charge in [0.2, 0.25) is 0 Å². The number of nitrogens with zero attached hydrogens (tertiary/aromatic N) is 3. The molecule has 0 aliphatic carbocycles. The molecular formula is C23H32N4O3. The van der Waals surface area contributed by atoms with Crippen molar-refractivity contribution in [2.75, 3.05) is 59.0 Å². The topological polar surface area (TPSA) is 58.6 Å². The molecule has 0 aromatic heterocycles. The molecule has 1 aliphatic heterocycles. The summed E-state index contributed by atoms with van der Waals surface area (Å²) in [5.41, 5.74) is 2.26. The van der Waals surface area contributed by atoms with E-state index in [9.17, 15) is 0 Å². The Hall–Kier alpha value is -3.09. The normalized spacial score (nSPS) is 14.5. The van der Waals surface area contributed by atoms with Crippen molar-refractivity contribution in [2.45, 2.75) is 13.5 Å². The molecule has 0 saturated carbocycles. The number of guanidine groups is 1. The van der Waals surface area contributed by atoms with Crippen molar-refractivity contribution < 1.29 is 14.2 Å². The van der Waals surface area contributed by atoms with Crippen LogP contribution in [0, 0.1) is 0 Å². The molecule has 1 N–H and O–H groups in total. The summed E-state index contributed by atoms with van der Waals surface area (Å²) in [7, 11) is 5.21. The van der Waals surface area contributed by atoms with E-state index in [2.05, 4.69) is 32.2 Å². The van der Waals surface area contributed by atoms with E-state index in [0.717, 1.165) is 60.6 Å². The highest BCUT2D eigenvalue weighted by Gasteiger charge is 2.21. The molecular weight excluding hydrogens is 380 g/mol. The summed E-state index contributed by atoms with van der Waals surface area (Å²) in [4.78, 5) is 9.13. The van der Waals surface area contributed by atoms with Gasteiger partial charge in [-0.2, -0.15) is 0 Å². The second-order valence-electron chi connectivity index (χ2n) is 6.96. The molecule has 2 aromatic carbocycles. The molecule has 1 saturated heterocycles. The van der Waals surface area contributed by atoms with Crippen LogP contribution in [0.15, 0.2) is 47.5 Å². The number of hydrogen-bond acceptors (Lipinski definition) is 5. The summed E-state index contributed by atoms with van der Waals surface area (Å²) in [6.45, 7) is 6.86. The molecule has 1 heterocycles. The monoisotopic (exact) mass is 412 g/mol. The largest absolute Gasteiger partial charge is 0.495 e. The van der Waals surface area contributed by atoms with Crippen LogP contribution >= 0.6 is 0 Å². The molecule has 0 amide bonds. The fourth-order valence-electron chi connectivity index (χ4n) is 3.66. The molecule has 2 aromatic rings. The molecule has 0 radical (unpaired) electrons. The predicted octanol–water partition coefficient (Wildman–Crippen LogP) is 3.00. The van der Waals surface area contributed by atoms with E-state index in [4.69, 9.17) is 14.2 Å². The summed E-state index contributed by atoms with van der Waals surface area (Å²) in [6.07, 6.45) is 0. The first-order chi connectivity index (χ1) is 14.7. The Bertz CT molecular complexity index is 848. The summed E-state index contributed by atoms with van der Waals surface area (Å²) in [5, 5.41) is 3.47. The third-order valence-corrected chi connectivity index (χ3v) is 5.20. The van der Waals surface area contributed by atoms with Gasteiger partial charge in [0.1, 0.15) is 5.75 Å². The first-order valence-corrected chi connectivity index (χ1v) is 10.3. The molecule has 1 fully saturated rings. The maximum Gasteiger partial charge on any atom is 0.194 e. The Kier molecular flexibility index (Phi) is 7.65. The quantitative estimate of drug-likeness (QED) is 0.557. The fraction of sp³-hybridized carbons (Fsp3) is 0.435. The molecule has 1 aliphatic rings. The number of benzene rings is 2. The van der Waals surface area contributed by atoms with Gasteiger partial charge in [0.05, 0.1) is 26.5 Å². The van der Waals surface area contributed by atoms with Gasteiger partial charge in [0.15, 0.2) is 17.5 Å². The van der Waals surface area contributed by atoms with E-state index in [1.54, 1.807) is 14.2 Å². The summed E-state index contributed by atoms with van der Waals surface area (Å²) >= 11 is 0. The Morgan fingerprint density at radius 3 is 2.37 bits per heavy atom. The van der Waals surface area contributed by atoms with Gasteiger partial charge in [-0.3, -0.25) is 4.99 Å². The number of piperazine rings is 1. The van der Waals surface area contributed by atoms with Gasteiger partial charge in [0, 0.05) is 39.8 Å². The van der Waals surface area contributed by atoms with Crippen LogP contribution in [0.5, 0.6) is 17.2 Å². The average molecular weight is 413 g/mol. The van der Waals surface area contributed by atoms with Gasteiger partial charge in [-0.1, -0.05) is 18.2 Å². The second-order valence-corrected chi connectivity index (χ2v) is 6.96. The first kappa shape index (κ1) is 21.6. The van der Waals surface area contributed by atoms with Gasteiger partial charge in [-0.15, -0.1) is 0 Å².